The van der Waals surface area contributed by atoms with Crippen molar-refractivity contribution in [3.8, 4) is 0 Å². The first-order chi connectivity index (χ1) is 22.7. The summed E-state index contributed by atoms with van der Waals surface area (Å²) in [4.78, 5) is 11.7. The van der Waals surface area contributed by atoms with Gasteiger partial charge in [-0.25, -0.2) is 0 Å². The molecule has 1 amide bonds. The number of rotatable bonds is 34. The summed E-state index contributed by atoms with van der Waals surface area (Å²) in [7, 11) is 0. The van der Waals surface area contributed by atoms with Gasteiger partial charge in [-0.2, -0.15) is 0 Å². The molecule has 0 saturated heterocycles. The van der Waals surface area contributed by atoms with E-state index in [1.54, 1.807) is 0 Å². The topological polar surface area (TPSA) is 43.1 Å². The zero-order valence-corrected chi connectivity index (χ0v) is 30.5. The molecule has 262 valence electrons. The summed E-state index contributed by atoms with van der Waals surface area (Å²) in [6, 6.07) is 0. The lowest BCUT2D eigenvalue weighted by molar-refractivity contribution is -0.122. The molecule has 0 aromatic carbocycles. The molecule has 0 rings (SSSR count). The van der Waals surface area contributed by atoms with Gasteiger partial charge in [-0.3, -0.25) is 4.79 Å². The molecule has 0 radical (unpaired) electrons. The molecule has 1 atom stereocenters. The van der Waals surface area contributed by atoms with Crippen molar-refractivity contribution < 1.29 is 4.79 Å². The van der Waals surface area contributed by atoms with Crippen molar-refractivity contribution >= 4 is 5.91 Å². The summed E-state index contributed by atoms with van der Waals surface area (Å²) in [5.74, 6) is -0.0431. The van der Waals surface area contributed by atoms with Crippen LogP contribution in [0, 0.1) is 5.92 Å². The molecule has 0 saturated carbocycles. The first-order valence-corrected chi connectivity index (χ1v) is 19.6. The fraction of sp³-hybridized carbons (Fsp3) is 0.659. The van der Waals surface area contributed by atoms with E-state index in [9.17, 15) is 4.79 Å². The van der Waals surface area contributed by atoms with Gasteiger partial charge in [0.25, 0.3) is 0 Å². The van der Waals surface area contributed by atoms with Crippen molar-refractivity contribution in [1.29, 1.82) is 0 Å². The van der Waals surface area contributed by atoms with Gasteiger partial charge in [0, 0.05) is 5.92 Å². The van der Waals surface area contributed by atoms with Crippen LogP contribution in [0.4, 0.5) is 0 Å². The SMILES string of the molecule is CCCCC=CC=CC=CC=CC=CC=CCCCCCCCCCCCCCCCCC=CCCC(CCCCCC)C(N)=O. The Hall–Kier alpha value is -2.35. The minimum Gasteiger partial charge on any atom is -0.369 e. The van der Waals surface area contributed by atoms with Gasteiger partial charge in [0.2, 0.25) is 5.91 Å². The molecule has 46 heavy (non-hydrogen) atoms. The smallest absolute Gasteiger partial charge is 0.220 e. The molecular weight excluding hydrogens is 558 g/mol. The predicted molar refractivity (Wildman–Crippen MR) is 208 cm³/mol. The quantitative estimate of drug-likeness (QED) is 0.0427. The van der Waals surface area contributed by atoms with Gasteiger partial charge >= 0.3 is 0 Å². The van der Waals surface area contributed by atoms with Gasteiger partial charge in [0.1, 0.15) is 0 Å². The van der Waals surface area contributed by atoms with Crippen LogP contribution in [0.1, 0.15) is 181 Å². The molecule has 0 heterocycles. The number of allylic oxidation sites excluding steroid dienone is 14. The Kier molecular flexibility index (Phi) is 36.8. The van der Waals surface area contributed by atoms with Crippen LogP contribution in [-0.2, 0) is 4.79 Å². The van der Waals surface area contributed by atoms with E-state index in [1.807, 2.05) is 0 Å². The summed E-state index contributed by atoms with van der Waals surface area (Å²) in [5, 5.41) is 0. The maximum absolute atomic E-state index is 11.7. The van der Waals surface area contributed by atoms with Gasteiger partial charge in [-0.05, 0) is 51.4 Å². The van der Waals surface area contributed by atoms with Crippen molar-refractivity contribution in [3.63, 3.8) is 0 Å². The van der Waals surface area contributed by atoms with Crippen LogP contribution in [0.25, 0.3) is 0 Å². The molecule has 0 fully saturated rings. The third-order valence-corrected chi connectivity index (χ3v) is 8.65. The average Bonchev–Trinajstić information content (AvgIpc) is 3.05. The maximum Gasteiger partial charge on any atom is 0.220 e. The van der Waals surface area contributed by atoms with Crippen LogP contribution in [0.2, 0.25) is 0 Å². The van der Waals surface area contributed by atoms with Crippen molar-refractivity contribution in [2.24, 2.45) is 11.7 Å². The summed E-state index contributed by atoms with van der Waals surface area (Å²) in [5.41, 5.74) is 5.60. The third kappa shape index (κ3) is 36.1. The van der Waals surface area contributed by atoms with E-state index in [-0.39, 0.29) is 11.8 Å². The van der Waals surface area contributed by atoms with E-state index in [0.29, 0.717) is 0 Å². The van der Waals surface area contributed by atoms with Crippen LogP contribution in [-0.4, -0.2) is 5.91 Å². The van der Waals surface area contributed by atoms with E-state index in [4.69, 9.17) is 5.73 Å². The first-order valence-electron chi connectivity index (χ1n) is 19.6. The van der Waals surface area contributed by atoms with Crippen molar-refractivity contribution in [2.45, 2.75) is 181 Å². The fourth-order valence-electron chi connectivity index (χ4n) is 5.61. The largest absolute Gasteiger partial charge is 0.369 e. The Labute approximate surface area is 287 Å². The van der Waals surface area contributed by atoms with Gasteiger partial charge in [0.05, 0.1) is 0 Å². The number of carbonyl (C=O) groups excluding carboxylic acids is 1. The molecular formula is C44H75NO. The number of hydrogen-bond donors (Lipinski definition) is 1. The third-order valence-electron chi connectivity index (χ3n) is 8.65. The zero-order chi connectivity index (χ0) is 33.4. The fourth-order valence-corrected chi connectivity index (χ4v) is 5.61. The summed E-state index contributed by atoms with van der Waals surface area (Å²) < 4.78 is 0. The maximum atomic E-state index is 11.7. The number of primary amides is 1. The van der Waals surface area contributed by atoms with E-state index < -0.39 is 0 Å². The lowest BCUT2D eigenvalue weighted by Crippen LogP contribution is -2.23. The van der Waals surface area contributed by atoms with Crippen LogP contribution in [0.5, 0.6) is 0 Å². The number of carbonyl (C=O) groups is 1. The summed E-state index contributed by atoms with van der Waals surface area (Å²) >= 11 is 0. The second kappa shape index (κ2) is 38.8. The average molecular weight is 634 g/mol. The first kappa shape index (κ1) is 43.6. The number of amides is 1. The molecule has 2 nitrogen and oxygen atoms in total. The number of unbranched alkanes of at least 4 members (excludes halogenated alkanes) is 20. The Morgan fingerprint density at radius 3 is 1.17 bits per heavy atom. The van der Waals surface area contributed by atoms with Crippen LogP contribution in [0.15, 0.2) is 85.1 Å². The second-order valence-corrected chi connectivity index (χ2v) is 13.1. The summed E-state index contributed by atoms with van der Waals surface area (Å²) in [6.07, 6.45) is 63.3. The molecule has 2 heteroatoms. The van der Waals surface area contributed by atoms with E-state index in [1.165, 1.54) is 141 Å². The Morgan fingerprint density at radius 2 is 0.739 bits per heavy atom. The molecule has 2 N–H and O–H groups in total. The van der Waals surface area contributed by atoms with Gasteiger partial charge < -0.3 is 5.73 Å². The lowest BCUT2D eigenvalue weighted by Gasteiger charge is -2.11. The predicted octanol–water partition coefficient (Wildman–Crippen LogP) is 14.2. The molecule has 0 aromatic heterocycles. The lowest BCUT2D eigenvalue weighted by atomic mass is 9.95. The van der Waals surface area contributed by atoms with Crippen molar-refractivity contribution in [2.75, 3.05) is 0 Å². The molecule has 0 bridgehead atoms. The van der Waals surface area contributed by atoms with Crippen LogP contribution in [0.3, 0.4) is 0 Å². The van der Waals surface area contributed by atoms with E-state index >= 15 is 0 Å². The highest BCUT2D eigenvalue weighted by Crippen LogP contribution is 2.17. The Morgan fingerprint density at radius 1 is 0.391 bits per heavy atom. The van der Waals surface area contributed by atoms with Crippen molar-refractivity contribution in [1.82, 2.24) is 0 Å². The van der Waals surface area contributed by atoms with E-state index in [0.717, 1.165) is 25.7 Å². The highest BCUT2D eigenvalue weighted by molar-refractivity contribution is 5.76. The summed E-state index contributed by atoms with van der Waals surface area (Å²) in [6.45, 7) is 4.44. The second-order valence-electron chi connectivity index (χ2n) is 13.1. The van der Waals surface area contributed by atoms with Gasteiger partial charge in [-0.1, -0.05) is 214 Å². The molecule has 0 aliphatic carbocycles. The van der Waals surface area contributed by atoms with Crippen LogP contribution < -0.4 is 5.73 Å². The molecule has 0 aliphatic heterocycles. The number of hydrogen-bond acceptors (Lipinski definition) is 1. The van der Waals surface area contributed by atoms with Crippen LogP contribution >= 0.6 is 0 Å². The van der Waals surface area contributed by atoms with Gasteiger partial charge in [0.15, 0.2) is 0 Å². The molecule has 0 aliphatic rings. The Bertz CT molecular complexity index is 840. The Balaban J connectivity index is 3.43. The zero-order valence-electron chi connectivity index (χ0n) is 30.5. The molecule has 0 aromatic rings. The standard InChI is InChI=1S/C44H75NO/c1-3-5-7-9-10-11-12-13-14-15-16-17-18-19-20-21-22-23-24-25-26-27-28-29-30-31-32-33-34-35-36-37-38-40-42-43(44(45)46)41-39-8-6-4-2/h9-20,37-38,43H,3-8,21-36,39-42H2,1-2H3,(H2,45,46). The highest BCUT2D eigenvalue weighted by atomic mass is 16.1. The number of nitrogens with two attached hydrogens (primary N) is 1. The molecule has 1 unspecified atom stereocenters. The molecule has 0 spiro atoms. The minimum atomic E-state index is -0.109. The normalized spacial score (nSPS) is 13.4. The van der Waals surface area contributed by atoms with E-state index in [2.05, 4.69) is 98.9 Å². The van der Waals surface area contributed by atoms with Crippen molar-refractivity contribution in [3.05, 3.63) is 85.1 Å². The van der Waals surface area contributed by atoms with Gasteiger partial charge in [-0.15, -0.1) is 0 Å². The highest BCUT2D eigenvalue weighted by Gasteiger charge is 2.13. The monoisotopic (exact) mass is 634 g/mol. The minimum absolute atomic E-state index is 0.0656.